The van der Waals surface area contributed by atoms with Gasteiger partial charge in [-0.25, -0.2) is 12.8 Å². The Bertz CT molecular complexity index is 1240. The van der Waals surface area contributed by atoms with Crippen LogP contribution in [-0.2, 0) is 14.8 Å². The van der Waals surface area contributed by atoms with Crippen molar-refractivity contribution in [1.29, 1.82) is 0 Å². The van der Waals surface area contributed by atoms with Gasteiger partial charge in [0.25, 0.3) is 5.91 Å². The largest absolute Gasteiger partial charge is 0.371 e. The summed E-state index contributed by atoms with van der Waals surface area (Å²) in [5.74, 6) is -0.647. The number of fused-ring (bicyclic) bond motifs is 1. The van der Waals surface area contributed by atoms with Gasteiger partial charge < -0.3 is 10.1 Å². The van der Waals surface area contributed by atoms with Crippen molar-refractivity contribution in [2.24, 2.45) is 0 Å². The van der Waals surface area contributed by atoms with Crippen LogP contribution in [0, 0.1) is 12.7 Å². The fourth-order valence-electron chi connectivity index (χ4n) is 3.74. The number of benzene rings is 2. The molecule has 2 aromatic carbocycles. The van der Waals surface area contributed by atoms with Crippen LogP contribution in [-0.4, -0.2) is 44.9 Å². The summed E-state index contributed by atoms with van der Waals surface area (Å²) in [6.07, 6.45) is -0.584. The molecule has 6 nitrogen and oxygen atoms in total. The summed E-state index contributed by atoms with van der Waals surface area (Å²) in [4.78, 5) is 13.3. The average Bonchev–Trinajstić information content (AvgIpc) is 3.15. The maximum atomic E-state index is 13.6. The monoisotopic (exact) mass is 462 g/mol. The van der Waals surface area contributed by atoms with Crippen LogP contribution in [0.25, 0.3) is 10.1 Å². The number of aryl methyl sites for hydroxylation is 1. The summed E-state index contributed by atoms with van der Waals surface area (Å²) in [7, 11) is -3.83. The number of morpholine rings is 1. The lowest BCUT2D eigenvalue weighted by Gasteiger charge is -2.32. The Morgan fingerprint density at radius 3 is 2.81 bits per heavy atom. The van der Waals surface area contributed by atoms with E-state index in [1.807, 2.05) is 31.2 Å². The highest BCUT2D eigenvalue weighted by molar-refractivity contribution is 7.89. The molecule has 0 unspecified atom stereocenters. The Morgan fingerprint density at radius 1 is 1.29 bits per heavy atom. The van der Waals surface area contributed by atoms with Crippen LogP contribution in [0.1, 0.15) is 33.8 Å². The molecule has 1 aliphatic rings. The molecule has 1 amide bonds. The number of hydrogen-bond acceptors (Lipinski definition) is 5. The Hall–Kier alpha value is -2.33. The smallest absolute Gasteiger partial charge is 0.261 e. The van der Waals surface area contributed by atoms with Crippen LogP contribution in [0.5, 0.6) is 0 Å². The molecule has 0 saturated carbocycles. The van der Waals surface area contributed by atoms with Crippen LogP contribution in [0.4, 0.5) is 4.39 Å². The molecular formula is C22H23FN2O4S2. The molecule has 1 aromatic heterocycles. The molecule has 1 saturated heterocycles. The van der Waals surface area contributed by atoms with Crippen molar-refractivity contribution >= 4 is 37.4 Å². The number of carbonyl (C=O) groups is 1. The zero-order chi connectivity index (χ0) is 22.2. The number of ether oxygens (including phenoxy) is 1. The number of thiophene rings is 1. The van der Waals surface area contributed by atoms with Gasteiger partial charge in [0.05, 0.1) is 22.5 Å². The second-order valence-corrected chi connectivity index (χ2v) is 10.3. The van der Waals surface area contributed by atoms with E-state index < -0.39 is 21.9 Å². The quantitative estimate of drug-likeness (QED) is 0.625. The van der Waals surface area contributed by atoms with E-state index in [2.05, 4.69) is 5.32 Å². The van der Waals surface area contributed by atoms with Crippen molar-refractivity contribution in [2.45, 2.75) is 24.8 Å². The van der Waals surface area contributed by atoms with Crippen molar-refractivity contribution in [3.05, 3.63) is 64.3 Å². The summed E-state index contributed by atoms with van der Waals surface area (Å²) in [6, 6.07) is 11.4. The van der Waals surface area contributed by atoms with E-state index in [4.69, 9.17) is 4.74 Å². The number of amides is 1. The zero-order valence-electron chi connectivity index (χ0n) is 17.2. The molecule has 1 N–H and O–H groups in total. The SMILES string of the molecule is CCNC(=O)c1sc2ccccc2c1[C@@H]1CN(S(=O)(=O)c2ccc(F)c(C)c2)CCO1. The highest BCUT2D eigenvalue weighted by Crippen LogP contribution is 2.39. The topological polar surface area (TPSA) is 75.7 Å². The third-order valence-corrected chi connectivity index (χ3v) is 8.34. The lowest BCUT2D eigenvalue weighted by Crippen LogP contribution is -2.42. The molecule has 0 aliphatic carbocycles. The summed E-state index contributed by atoms with van der Waals surface area (Å²) >= 11 is 1.37. The number of sulfonamides is 1. The maximum absolute atomic E-state index is 13.6. The predicted molar refractivity (Wildman–Crippen MR) is 118 cm³/mol. The van der Waals surface area contributed by atoms with Crippen molar-refractivity contribution in [1.82, 2.24) is 9.62 Å². The van der Waals surface area contributed by atoms with E-state index in [1.54, 1.807) is 0 Å². The molecule has 4 rings (SSSR count). The molecule has 0 radical (unpaired) electrons. The third kappa shape index (κ3) is 4.10. The van der Waals surface area contributed by atoms with Crippen molar-refractivity contribution in [3.8, 4) is 0 Å². The first-order valence-corrected chi connectivity index (χ1v) is 12.3. The van der Waals surface area contributed by atoms with Gasteiger partial charge >= 0.3 is 0 Å². The van der Waals surface area contributed by atoms with E-state index in [0.29, 0.717) is 17.0 Å². The number of halogens is 1. The minimum absolute atomic E-state index is 0.0474. The summed E-state index contributed by atoms with van der Waals surface area (Å²) < 4.78 is 48.3. The molecule has 1 fully saturated rings. The van der Waals surface area contributed by atoms with Crippen LogP contribution < -0.4 is 5.32 Å². The minimum atomic E-state index is -3.83. The summed E-state index contributed by atoms with van der Waals surface area (Å²) in [5, 5.41) is 3.71. The van der Waals surface area contributed by atoms with Gasteiger partial charge in [-0.1, -0.05) is 18.2 Å². The van der Waals surface area contributed by atoms with E-state index in [-0.39, 0.29) is 36.1 Å². The standard InChI is InChI=1S/C22H23FN2O4S2/c1-3-24-22(26)21-20(16-6-4-5-7-19(16)30-21)18-13-25(10-11-29-18)31(27,28)15-8-9-17(23)14(2)12-15/h4-9,12,18H,3,10-11,13H2,1-2H3,(H,24,26)/t18-/m0/s1. The lowest BCUT2D eigenvalue weighted by molar-refractivity contribution is -0.00192. The minimum Gasteiger partial charge on any atom is -0.371 e. The molecule has 0 spiro atoms. The average molecular weight is 463 g/mol. The van der Waals surface area contributed by atoms with Crippen molar-refractivity contribution < 1.29 is 22.3 Å². The number of nitrogens with one attached hydrogen (secondary N) is 1. The number of nitrogens with zero attached hydrogens (tertiary/aromatic N) is 1. The van der Waals surface area contributed by atoms with E-state index >= 15 is 0 Å². The zero-order valence-corrected chi connectivity index (χ0v) is 18.9. The molecule has 2 heterocycles. The van der Waals surface area contributed by atoms with Gasteiger partial charge in [-0.05, 0) is 49.1 Å². The third-order valence-electron chi connectivity index (χ3n) is 5.30. The molecular weight excluding hydrogens is 439 g/mol. The van der Waals surface area contributed by atoms with Crippen LogP contribution in [0.15, 0.2) is 47.4 Å². The second kappa shape index (κ2) is 8.66. The Balaban J connectivity index is 1.72. The Labute approximate surface area is 184 Å². The van der Waals surface area contributed by atoms with Crippen LogP contribution in [0.2, 0.25) is 0 Å². The first-order valence-electron chi connectivity index (χ1n) is 10.0. The molecule has 0 bridgehead atoms. The Kier molecular flexibility index (Phi) is 6.11. The van der Waals surface area contributed by atoms with Crippen molar-refractivity contribution in [2.75, 3.05) is 26.2 Å². The molecule has 9 heteroatoms. The van der Waals surface area contributed by atoms with E-state index in [1.165, 1.54) is 40.8 Å². The van der Waals surface area contributed by atoms with Gasteiger partial charge in [-0.3, -0.25) is 4.79 Å². The van der Waals surface area contributed by atoms with Gasteiger partial charge in [0.2, 0.25) is 10.0 Å². The molecule has 1 atom stereocenters. The fourth-order valence-corrected chi connectivity index (χ4v) is 6.42. The predicted octanol–water partition coefficient (Wildman–Crippen LogP) is 3.86. The molecule has 31 heavy (non-hydrogen) atoms. The normalized spacial score (nSPS) is 17.7. The molecule has 164 valence electrons. The van der Waals surface area contributed by atoms with Gasteiger partial charge in [-0.2, -0.15) is 4.31 Å². The maximum Gasteiger partial charge on any atom is 0.261 e. The van der Waals surface area contributed by atoms with Crippen LogP contribution in [0.3, 0.4) is 0 Å². The van der Waals surface area contributed by atoms with Gasteiger partial charge in [0.1, 0.15) is 5.82 Å². The summed E-state index contributed by atoms with van der Waals surface area (Å²) in [6.45, 7) is 4.33. The fraction of sp³-hybridized carbons (Fsp3) is 0.318. The lowest BCUT2D eigenvalue weighted by atomic mass is 10.0. The number of hydrogen-bond donors (Lipinski definition) is 1. The Morgan fingerprint density at radius 2 is 2.06 bits per heavy atom. The highest BCUT2D eigenvalue weighted by atomic mass is 32.2. The molecule has 1 aliphatic heterocycles. The van der Waals surface area contributed by atoms with Gasteiger partial charge in [-0.15, -0.1) is 11.3 Å². The highest BCUT2D eigenvalue weighted by Gasteiger charge is 2.35. The molecule has 3 aromatic rings. The van der Waals surface area contributed by atoms with Gasteiger partial charge in [0.15, 0.2) is 0 Å². The first-order chi connectivity index (χ1) is 14.8. The second-order valence-electron chi connectivity index (χ2n) is 7.33. The van der Waals surface area contributed by atoms with E-state index in [0.717, 1.165) is 10.1 Å². The summed E-state index contributed by atoms with van der Waals surface area (Å²) in [5.41, 5.74) is 0.981. The number of rotatable bonds is 5. The van der Waals surface area contributed by atoms with Crippen LogP contribution >= 0.6 is 11.3 Å². The van der Waals surface area contributed by atoms with Crippen molar-refractivity contribution in [3.63, 3.8) is 0 Å². The van der Waals surface area contributed by atoms with E-state index in [9.17, 15) is 17.6 Å². The first kappa shape index (κ1) is 21.9. The number of carbonyl (C=O) groups excluding carboxylic acids is 1. The van der Waals surface area contributed by atoms with Gasteiger partial charge in [0, 0.05) is 29.9 Å².